The zero-order valence-electron chi connectivity index (χ0n) is 10.9. The Labute approximate surface area is 126 Å². The first kappa shape index (κ1) is 14.9. The first-order valence-corrected chi connectivity index (χ1v) is 6.71. The molecule has 0 saturated carbocycles. The van der Waals surface area contributed by atoms with Gasteiger partial charge in [0, 0.05) is 5.56 Å². The van der Waals surface area contributed by atoms with E-state index < -0.39 is 5.82 Å². The summed E-state index contributed by atoms with van der Waals surface area (Å²) in [6.07, 6.45) is 0. The summed E-state index contributed by atoms with van der Waals surface area (Å²) in [6.45, 7) is 3.62. The summed E-state index contributed by atoms with van der Waals surface area (Å²) in [5, 5.41) is 13.4. The highest BCUT2D eigenvalue weighted by molar-refractivity contribution is 6.34. The zero-order valence-corrected chi connectivity index (χ0v) is 12.4. The van der Waals surface area contributed by atoms with Gasteiger partial charge >= 0.3 is 0 Å². The average molecular weight is 315 g/mol. The summed E-state index contributed by atoms with van der Waals surface area (Å²) < 4.78 is 13.3. The van der Waals surface area contributed by atoms with Crippen molar-refractivity contribution in [1.29, 1.82) is 0 Å². The molecule has 2 aromatic rings. The van der Waals surface area contributed by atoms with Crippen LogP contribution in [0.15, 0.2) is 24.3 Å². The van der Waals surface area contributed by atoms with E-state index in [9.17, 15) is 9.50 Å². The number of anilines is 1. The molecular formula is C14H13Cl2FN2O. The van der Waals surface area contributed by atoms with Gasteiger partial charge in [-0.3, -0.25) is 0 Å². The number of halogens is 3. The van der Waals surface area contributed by atoms with Gasteiger partial charge in [-0.2, -0.15) is 0 Å². The minimum atomic E-state index is -0.413. The van der Waals surface area contributed by atoms with E-state index in [1.54, 1.807) is 13.0 Å². The van der Waals surface area contributed by atoms with E-state index in [2.05, 4.69) is 10.3 Å². The molecule has 6 heteroatoms. The third kappa shape index (κ3) is 3.14. The van der Waals surface area contributed by atoms with Crippen molar-refractivity contribution in [2.24, 2.45) is 0 Å². The molecule has 2 N–H and O–H groups in total. The van der Waals surface area contributed by atoms with Crippen molar-refractivity contribution in [3.05, 3.63) is 51.5 Å². The lowest BCUT2D eigenvalue weighted by atomic mass is 10.1. The number of rotatable bonds is 3. The van der Waals surface area contributed by atoms with Gasteiger partial charge in [-0.05, 0) is 43.7 Å². The van der Waals surface area contributed by atoms with Crippen molar-refractivity contribution in [3.63, 3.8) is 0 Å². The molecule has 0 fully saturated rings. The van der Waals surface area contributed by atoms with Crippen LogP contribution >= 0.6 is 23.2 Å². The number of aromatic nitrogens is 1. The largest absolute Gasteiger partial charge is 0.508 e. The highest BCUT2D eigenvalue weighted by Gasteiger charge is 2.15. The highest BCUT2D eigenvalue weighted by Crippen LogP contribution is 2.32. The molecule has 106 valence electrons. The second-order valence-electron chi connectivity index (χ2n) is 4.50. The van der Waals surface area contributed by atoms with Crippen LogP contribution in [0.3, 0.4) is 0 Å². The van der Waals surface area contributed by atoms with Gasteiger partial charge < -0.3 is 10.4 Å². The number of hydrogen-bond donors (Lipinski definition) is 2. The van der Waals surface area contributed by atoms with Crippen molar-refractivity contribution in [2.75, 3.05) is 5.32 Å². The predicted molar refractivity (Wildman–Crippen MR) is 79.1 cm³/mol. The maximum absolute atomic E-state index is 13.3. The number of benzene rings is 1. The normalized spacial score (nSPS) is 12.2. The SMILES string of the molecule is Cc1cc(Cl)nc(Cl)c1NC(C)c1cc(F)ccc1O. The Bertz CT molecular complexity index is 626. The van der Waals surface area contributed by atoms with Crippen molar-refractivity contribution < 1.29 is 9.50 Å². The molecule has 1 aromatic carbocycles. The van der Waals surface area contributed by atoms with Crippen molar-refractivity contribution >= 4 is 28.9 Å². The Morgan fingerprint density at radius 1 is 1.30 bits per heavy atom. The van der Waals surface area contributed by atoms with Crippen LogP contribution in [0.1, 0.15) is 24.1 Å². The number of phenols is 1. The fourth-order valence-electron chi connectivity index (χ4n) is 1.94. The standard InChI is InChI=1S/C14H13Cl2FN2O/c1-7-5-12(15)19-14(16)13(7)18-8(2)10-6-9(17)3-4-11(10)20/h3-6,8,18,20H,1-2H3. The van der Waals surface area contributed by atoms with Crippen LogP contribution in [-0.2, 0) is 0 Å². The molecule has 1 unspecified atom stereocenters. The summed E-state index contributed by atoms with van der Waals surface area (Å²) >= 11 is 11.9. The van der Waals surface area contributed by atoms with Crippen molar-refractivity contribution in [2.45, 2.75) is 19.9 Å². The van der Waals surface area contributed by atoms with Crippen LogP contribution in [-0.4, -0.2) is 10.1 Å². The lowest BCUT2D eigenvalue weighted by Gasteiger charge is -2.19. The van der Waals surface area contributed by atoms with Gasteiger partial charge in [0.1, 0.15) is 16.7 Å². The second-order valence-corrected chi connectivity index (χ2v) is 5.24. The van der Waals surface area contributed by atoms with Crippen LogP contribution in [0.4, 0.5) is 10.1 Å². The molecule has 2 rings (SSSR count). The van der Waals surface area contributed by atoms with Crippen LogP contribution in [0, 0.1) is 12.7 Å². The minimum absolute atomic E-state index is 0.0158. The number of nitrogens with one attached hydrogen (secondary N) is 1. The first-order valence-electron chi connectivity index (χ1n) is 5.96. The summed E-state index contributed by atoms with van der Waals surface area (Å²) in [5.41, 5.74) is 1.86. The third-order valence-corrected chi connectivity index (χ3v) is 3.43. The number of pyridine rings is 1. The monoisotopic (exact) mass is 314 g/mol. The predicted octanol–water partition coefficient (Wildman–Crippen LogP) is 4.71. The van der Waals surface area contributed by atoms with E-state index in [4.69, 9.17) is 23.2 Å². The lowest BCUT2D eigenvalue weighted by Crippen LogP contribution is -2.09. The van der Waals surface area contributed by atoms with Crippen molar-refractivity contribution in [1.82, 2.24) is 4.98 Å². The Balaban J connectivity index is 2.32. The molecule has 20 heavy (non-hydrogen) atoms. The molecule has 1 aromatic heterocycles. The molecule has 0 spiro atoms. The van der Waals surface area contributed by atoms with E-state index in [0.29, 0.717) is 16.4 Å². The number of aromatic hydroxyl groups is 1. The van der Waals surface area contributed by atoms with E-state index in [1.807, 2.05) is 6.92 Å². The summed E-state index contributed by atoms with van der Waals surface area (Å²) in [5.74, 6) is -0.398. The van der Waals surface area contributed by atoms with Gasteiger partial charge in [0.05, 0.1) is 11.7 Å². The molecule has 0 aliphatic rings. The van der Waals surface area contributed by atoms with E-state index in [0.717, 1.165) is 5.56 Å². The van der Waals surface area contributed by atoms with E-state index >= 15 is 0 Å². The van der Waals surface area contributed by atoms with Gasteiger partial charge in [0.15, 0.2) is 5.15 Å². The Kier molecular flexibility index (Phi) is 4.35. The molecule has 0 bridgehead atoms. The molecule has 0 radical (unpaired) electrons. The van der Waals surface area contributed by atoms with E-state index in [1.165, 1.54) is 18.2 Å². The van der Waals surface area contributed by atoms with Crippen LogP contribution in [0.25, 0.3) is 0 Å². The van der Waals surface area contributed by atoms with Crippen molar-refractivity contribution in [3.8, 4) is 5.75 Å². The highest BCUT2D eigenvalue weighted by atomic mass is 35.5. The first-order chi connectivity index (χ1) is 9.38. The number of phenolic OH excluding ortho intramolecular Hbond substituents is 1. The Hall–Kier alpha value is -1.52. The minimum Gasteiger partial charge on any atom is -0.508 e. The van der Waals surface area contributed by atoms with Gasteiger partial charge in [-0.25, -0.2) is 9.37 Å². The molecule has 1 heterocycles. The molecule has 0 aliphatic heterocycles. The van der Waals surface area contributed by atoms with E-state index in [-0.39, 0.29) is 16.9 Å². The molecule has 0 amide bonds. The summed E-state index contributed by atoms with van der Waals surface area (Å²) in [7, 11) is 0. The lowest BCUT2D eigenvalue weighted by molar-refractivity contribution is 0.462. The quantitative estimate of drug-likeness (QED) is 0.806. The van der Waals surface area contributed by atoms with Crippen LogP contribution < -0.4 is 5.32 Å². The molecule has 0 aliphatic carbocycles. The maximum atomic E-state index is 13.3. The Morgan fingerprint density at radius 3 is 2.65 bits per heavy atom. The summed E-state index contributed by atoms with van der Waals surface area (Å²) in [4.78, 5) is 3.95. The smallest absolute Gasteiger partial charge is 0.154 e. The number of aryl methyl sites for hydroxylation is 1. The van der Waals surface area contributed by atoms with Gasteiger partial charge in [0.2, 0.25) is 0 Å². The summed E-state index contributed by atoms with van der Waals surface area (Å²) in [6, 6.07) is 5.13. The fraction of sp³-hybridized carbons (Fsp3) is 0.214. The number of hydrogen-bond acceptors (Lipinski definition) is 3. The Morgan fingerprint density at radius 2 is 2.00 bits per heavy atom. The third-order valence-electron chi connectivity index (χ3n) is 2.96. The number of nitrogens with zero attached hydrogens (tertiary/aromatic N) is 1. The van der Waals surface area contributed by atoms with Crippen LogP contribution in [0.5, 0.6) is 5.75 Å². The molecular weight excluding hydrogens is 302 g/mol. The molecule has 3 nitrogen and oxygen atoms in total. The van der Waals surface area contributed by atoms with Gasteiger partial charge in [0.25, 0.3) is 0 Å². The maximum Gasteiger partial charge on any atom is 0.154 e. The zero-order chi connectivity index (χ0) is 14.9. The molecule has 1 atom stereocenters. The fourth-order valence-corrected chi connectivity index (χ4v) is 2.52. The van der Waals surface area contributed by atoms with Gasteiger partial charge in [-0.15, -0.1) is 0 Å². The van der Waals surface area contributed by atoms with Crippen LogP contribution in [0.2, 0.25) is 10.3 Å². The molecule has 0 saturated heterocycles. The average Bonchev–Trinajstić information content (AvgIpc) is 2.36. The second kappa shape index (κ2) is 5.85. The van der Waals surface area contributed by atoms with Gasteiger partial charge in [-0.1, -0.05) is 23.2 Å². The topological polar surface area (TPSA) is 45.2 Å².